The Kier molecular flexibility index (Phi) is 5.31. The number of aryl methyl sites for hydroxylation is 1. The van der Waals surface area contributed by atoms with Crippen molar-refractivity contribution >= 4 is 11.7 Å². The molecule has 0 unspecified atom stereocenters. The maximum Gasteiger partial charge on any atom is 0.416 e. The number of H-pyrrole nitrogens is 1. The zero-order valence-electron chi connectivity index (χ0n) is 17.6. The van der Waals surface area contributed by atoms with Gasteiger partial charge >= 0.3 is 6.18 Å². The smallest absolute Gasteiger partial charge is 0.416 e. The highest BCUT2D eigenvalue weighted by atomic mass is 19.4. The molecule has 1 aromatic carbocycles. The lowest BCUT2D eigenvalue weighted by atomic mass is 9.97. The summed E-state index contributed by atoms with van der Waals surface area (Å²) in [5.74, 6) is 0.0478. The Morgan fingerprint density at radius 2 is 1.88 bits per heavy atom. The van der Waals surface area contributed by atoms with Gasteiger partial charge in [0.15, 0.2) is 5.76 Å². The lowest BCUT2D eigenvalue weighted by molar-refractivity contribution is -0.137. The van der Waals surface area contributed by atoms with Crippen LogP contribution in [0.5, 0.6) is 0 Å². The van der Waals surface area contributed by atoms with Crippen molar-refractivity contribution in [2.24, 2.45) is 0 Å². The number of benzene rings is 1. The molecule has 34 heavy (non-hydrogen) atoms. The minimum absolute atomic E-state index is 0.0205. The highest BCUT2D eigenvalue weighted by Crippen LogP contribution is 2.29. The maximum atomic E-state index is 12.8. The molecule has 0 saturated carbocycles. The Morgan fingerprint density at radius 1 is 1.12 bits per heavy atom. The van der Waals surface area contributed by atoms with Crippen molar-refractivity contribution in [2.45, 2.75) is 31.9 Å². The van der Waals surface area contributed by atoms with E-state index in [0.29, 0.717) is 35.6 Å². The summed E-state index contributed by atoms with van der Waals surface area (Å²) in [5, 5.41) is 7.07. The van der Waals surface area contributed by atoms with Gasteiger partial charge < -0.3 is 9.73 Å². The molecule has 2 N–H and O–H groups in total. The van der Waals surface area contributed by atoms with Gasteiger partial charge in [0.25, 0.3) is 11.5 Å². The van der Waals surface area contributed by atoms with Crippen LogP contribution in [0.15, 0.2) is 57.9 Å². The number of nitrogens with one attached hydrogen (secondary N) is 2. The van der Waals surface area contributed by atoms with Crippen LogP contribution >= 0.6 is 0 Å². The van der Waals surface area contributed by atoms with Gasteiger partial charge in [0.2, 0.25) is 5.95 Å². The largest absolute Gasteiger partial charge is 0.463 e. The molecule has 4 aromatic rings. The summed E-state index contributed by atoms with van der Waals surface area (Å²) < 4.78 is 45.2. The van der Waals surface area contributed by atoms with E-state index < -0.39 is 17.6 Å². The standard InChI is InChI=1S/C23H18F3N5O3/c24-23(25,26)14-9-7-13(8-10-14)20(32)28-19-12-17(18-6-3-11-34-18)30-31(19)22-27-16-5-2-1-4-15(16)21(33)29-22/h3,6-12H,1-2,4-5H2,(H,28,32)(H,27,29,33). The average molecular weight is 469 g/mol. The summed E-state index contributed by atoms with van der Waals surface area (Å²) in [6.45, 7) is 0. The summed E-state index contributed by atoms with van der Waals surface area (Å²) in [4.78, 5) is 32.7. The molecular formula is C23H18F3N5O3. The fourth-order valence-electron chi connectivity index (χ4n) is 3.87. The third-order valence-electron chi connectivity index (χ3n) is 5.58. The minimum Gasteiger partial charge on any atom is -0.463 e. The number of carbonyl (C=O) groups excluding carboxylic acids is 1. The first kappa shape index (κ1) is 21.7. The molecule has 11 heteroatoms. The molecule has 0 spiro atoms. The summed E-state index contributed by atoms with van der Waals surface area (Å²) in [6.07, 6.45) is 0.0918. The molecule has 8 nitrogen and oxygen atoms in total. The number of aromatic amines is 1. The van der Waals surface area contributed by atoms with Crippen LogP contribution in [0.3, 0.4) is 0 Å². The molecule has 1 aliphatic rings. The quantitative estimate of drug-likeness (QED) is 0.462. The number of hydrogen-bond acceptors (Lipinski definition) is 5. The molecule has 0 atom stereocenters. The predicted molar refractivity (Wildman–Crippen MR) is 116 cm³/mol. The van der Waals surface area contributed by atoms with E-state index in [1.165, 1.54) is 17.0 Å². The van der Waals surface area contributed by atoms with E-state index in [0.717, 1.165) is 37.1 Å². The monoisotopic (exact) mass is 469 g/mol. The van der Waals surface area contributed by atoms with E-state index in [4.69, 9.17) is 4.42 Å². The number of alkyl halides is 3. The van der Waals surface area contributed by atoms with Crippen LogP contribution < -0.4 is 10.9 Å². The topological polar surface area (TPSA) is 106 Å². The van der Waals surface area contributed by atoms with Crippen molar-refractivity contribution < 1.29 is 22.4 Å². The van der Waals surface area contributed by atoms with Crippen LogP contribution in [0.1, 0.15) is 40.0 Å². The van der Waals surface area contributed by atoms with Crippen LogP contribution in [0.25, 0.3) is 17.4 Å². The van der Waals surface area contributed by atoms with Crippen molar-refractivity contribution in [1.82, 2.24) is 19.7 Å². The van der Waals surface area contributed by atoms with E-state index in [9.17, 15) is 22.8 Å². The van der Waals surface area contributed by atoms with Crippen LogP contribution in [-0.4, -0.2) is 25.7 Å². The second-order valence-corrected chi connectivity index (χ2v) is 7.86. The van der Waals surface area contributed by atoms with Gasteiger partial charge in [-0.25, -0.2) is 4.98 Å². The third kappa shape index (κ3) is 4.12. The molecule has 174 valence electrons. The predicted octanol–water partition coefficient (Wildman–Crippen LogP) is 4.37. The SMILES string of the molecule is O=C(Nc1cc(-c2ccco2)nn1-c1nc2c(c(=O)[nH]1)CCCC2)c1ccc(C(F)(F)F)cc1. The lowest BCUT2D eigenvalue weighted by Gasteiger charge is -2.15. The second kappa shape index (κ2) is 8.32. The van der Waals surface area contributed by atoms with Gasteiger partial charge in [0.05, 0.1) is 17.5 Å². The summed E-state index contributed by atoms with van der Waals surface area (Å²) in [5.41, 5.74) is 0.587. The molecule has 0 bridgehead atoms. The third-order valence-corrected chi connectivity index (χ3v) is 5.58. The number of amides is 1. The average Bonchev–Trinajstić information content (AvgIpc) is 3.49. The van der Waals surface area contributed by atoms with Gasteiger partial charge in [-0.05, 0) is 62.1 Å². The molecule has 3 heterocycles. The van der Waals surface area contributed by atoms with E-state index in [1.807, 2.05) is 0 Å². The number of nitrogens with zero attached hydrogens (tertiary/aromatic N) is 3. The van der Waals surface area contributed by atoms with Crippen molar-refractivity contribution in [3.8, 4) is 17.4 Å². The van der Waals surface area contributed by atoms with Gasteiger partial charge in [-0.2, -0.15) is 23.0 Å². The first-order valence-corrected chi connectivity index (χ1v) is 10.5. The van der Waals surface area contributed by atoms with Gasteiger partial charge in [-0.3, -0.25) is 14.6 Å². The van der Waals surface area contributed by atoms with Gasteiger partial charge in [0.1, 0.15) is 11.5 Å². The van der Waals surface area contributed by atoms with E-state index in [-0.39, 0.29) is 22.9 Å². The number of aromatic nitrogens is 4. The van der Waals surface area contributed by atoms with Gasteiger partial charge in [0, 0.05) is 17.2 Å². The highest BCUT2D eigenvalue weighted by molar-refractivity contribution is 6.04. The molecule has 1 amide bonds. The Balaban J connectivity index is 1.53. The Bertz CT molecular complexity index is 1400. The number of carbonyl (C=O) groups is 1. The molecule has 0 radical (unpaired) electrons. The second-order valence-electron chi connectivity index (χ2n) is 7.86. The first-order chi connectivity index (χ1) is 16.3. The zero-order valence-corrected chi connectivity index (χ0v) is 17.6. The normalized spacial score (nSPS) is 13.5. The fraction of sp³-hybridized carbons (Fsp3) is 0.217. The van der Waals surface area contributed by atoms with Gasteiger partial charge in [-0.1, -0.05) is 0 Å². The Hall–Kier alpha value is -4.15. The number of hydrogen-bond donors (Lipinski definition) is 2. The van der Waals surface area contributed by atoms with Crippen molar-refractivity contribution in [3.63, 3.8) is 0 Å². The summed E-state index contributed by atoms with van der Waals surface area (Å²) in [7, 11) is 0. The Labute approximate surface area is 190 Å². The first-order valence-electron chi connectivity index (χ1n) is 10.5. The van der Waals surface area contributed by atoms with E-state index in [2.05, 4.69) is 20.4 Å². The van der Waals surface area contributed by atoms with Crippen molar-refractivity contribution in [2.75, 3.05) is 5.32 Å². The Morgan fingerprint density at radius 3 is 2.59 bits per heavy atom. The number of halogens is 3. The van der Waals surface area contributed by atoms with Gasteiger partial charge in [-0.15, -0.1) is 0 Å². The fourth-order valence-corrected chi connectivity index (χ4v) is 3.87. The van der Waals surface area contributed by atoms with Crippen LogP contribution in [0.4, 0.5) is 19.0 Å². The number of anilines is 1. The molecule has 0 saturated heterocycles. The minimum atomic E-state index is -4.50. The van der Waals surface area contributed by atoms with Crippen LogP contribution in [-0.2, 0) is 19.0 Å². The molecular weight excluding hydrogens is 451 g/mol. The molecule has 1 aliphatic carbocycles. The molecule has 5 rings (SSSR count). The summed E-state index contributed by atoms with van der Waals surface area (Å²) >= 11 is 0. The highest BCUT2D eigenvalue weighted by Gasteiger charge is 2.30. The van der Waals surface area contributed by atoms with Crippen LogP contribution in [0, 0.1) is 0 Å². The zero-order chi connectivity index (χ0) is 23.9. The molecule has 3 aromatic heterocycles. The van der Waals surface area contributed by atoms with E-state index in [1.54, 1.807) is 12.1 Å². The van der Waals surface area contributed by atoms with Crippen molar-refractivity contribution in [1.29, 1.82) is 0 Å². The van der Waals surface area contributed by atoms with Crippen LogP contribution in [0.2, 0.25) is 0 Å². The molecule has 0 fully saturated rings. The lowest BCUT2D eigenvalue weighted by Crippen LogP contribution is -2.24. The number of fused-ring (bicyclic) bond motifs is 1. The van der Waals surface area contributed by atoms with E-state index >= 15 is 0 Å². The molecule has 0 aliphatic heterocycles. The number of rotatable bonds is 4. The maximum absolute atomic E-state index is 12.8. The number of furan rings is 1. The summed E-state index contributed by atoms with van der Waals surface area (Å²) in [6, 6.07) is 8.73. The van der Waals surface area contributed by atoms with Crippen molar-refractivity contribution in [3.05, 3.63) is 81.5 Å².